The van der Waals surface area contributed by atoms with E-state index in [9.17, 15) is 13.2 Å². The van der Waals surface area contributed by atoms with Crippen LogP contribution < -0.4 is 0 Å². The number of carbonyl (C=O) groups is 1. The third-order valence-corrected chi connectivity index (χ3v) is 5.19. The molecule has 0 spiro atoms. The van der Waals surface area contributed by atoms with Crippen molar-refractivity contribution in [3.8, 4) is 0 Å². The average Bonchev–Trinajstić information content (AvgIpc) is 2.47. The highest BCUT2D eigenvalue weighted by Gasteiger charge is 2.35. The Morgan fingerprint density at radius 2 is 1.95 bits per heavy atom. The summed E-state index contributed by atoms with van der Waals surface area (Å²) in [5.41, 5.74) is 0.687. The lowest BCUT2D eigenvalue weighted by Gasteiger charge is -2.30. The van der Waals surface area contributed by atoms with Gasteiger partial charge in [0.05, 0.1) is 0 Å². The summed E-state index contributed by atoms with van der Waals surface area (Å²) in [5, 5.41) is 10.8. The first-order chi connectivity index (χ1) is 9.90. The number of nitrogens with zero attached hydrogens (tertiary/aromatic N) is 1. The molecular weight excluding hydrogens is 314 g/mol. The molecule has 0 unspecified atom stereocenters. The van der Waals surface area contributed by atoms with Crippen molar-refractivity contribution in [2.45, 2.75) is 25.3 Å². The summed E-state index contributed by atoms with van der Waals surface area (Å²) < 4.78 is 25.6. The standard InChI is InChI=1S/C14H16ClNO4S/c15-12-6-4-11(5-7-12)8-10-21(19,20)16-9-2-1-3-13(16)14(17)18/h4-8,10,13H,1-3,9H2,(H,17,18)/t13-/m1/s1. The Morgan fingerprint density at radius 3 is 2.57 bits per heavy atom. The molecule has 1 atom stereocenters. The molecule has 1 saturated heterocycles. The maximum Gasteiger partial charge on any atom is 0.322 e. The van der Waals surface area contributed by atoms with E-state index < -0.39 is 22.0 Å². The fraction of sp³-hybridized carbons (Fsp3) is 0.357. The predicted octanol–water partition coefficient (Wildman–Crippen LogP) is 2.58. The van der Waals surface area contributed by atoms with Crippen LogP contribution in [0.15, 0.2) is 29.7 Å². The summed E-state index contributed by atoms with van der Waals surface area (Å²) >= 11 is 5.76. The van der Waals surface area contributed by atoms with Crippen molar-refractivity contribution in [2.75, 3.05) is 6.54 Å². The normalized spacial score (nSPS) is 20.7. The molecule has 1 aromatic rings. The van der Waals surface area contributed by atoms with Crippen molar-refractivity contribution in [1.82, 2.24) is 4.31 Å². The van der Waals surface area contributed by atoms with Crippen LogP contribution in [-0.2, 0) is 14.8 Å². The van der Waals surface area contributed by atoms with Gasteiger partial charge in [-0.1, -0.05) is 23.7 Å². The summed E-state index contributed by atoms with van der Waals surface area (Å²) in [6.07, 6.45) is 3.20. The van der Waals surface area contributed by atoms with Gasteiger partial charge in [-0.25, -0.2) is 8.42 Å². The Balaban J connectivity index is 2.20. The summed E-state index contributed by atoms with van der Waals surface area (Å²) in [6.45, 7) is 0.240. The maximum atomic E-state index is 12.3. The molecule has 0 radical (unpaired) electrons. The third kappa shape index (κ3) is 4.06. The predicted molar refractivity (Wildman–Crippen MR) is 81.4 cm³/mol. The van der Waals surface area contributed by atoms with Gasteiger partial charge in [0.1, 0.15) is 6.04 Å². The Morgan fingerprint density at radius 1 is 1.29 bits per heavy atom. The molecule has 1 aliphatic rings. The highest BCUT2D eigenvalue weighted by molar-refractivity contribution is 7.92. The van der Waals surface area contributed by atoms with Gasteiger partial charge in [-0.15, -0.1) is 0 Å². The number of piperidine rings is 1. The van der Waals surface area contributed by atoms with Crippen LogP contribution >= 0.6 is 11.6 Å². The van der Waals surface area contributed by atoms with Gasteiger partial charge in [-0.2, -0.15) is 4.31 Å². The Labute approximate surface area is 128 Å². The number of halogens is 1. The van der Waals surface area contributed by atoms with E-state index in [4.69, 9.17) is 16.7 Å². The van der Waals surface area contributed by atoms with Crippen molar-refractivity contribution >= 4 is 33.7 Å². The molecule has 2 rings (SSSR count). The quantitative estimate of drug-likeness (QED) is 0.921. The lowest BCUT2D eigenvalue weighted by molar-refractivity contribution is -0.142. The Bertz CT molecular complexity index is 639. The van der Waals surface area contributed by atoms with Gasteiger partial charge in [-0.3, -0.25) is 4.79 Å². The smallest absolute Gasteiger partial charge is 0.322 e. The van der Waals surface area contributed by atoms with E-state index >= 15 is 0 Å². The molecule has 1 aromatic carbocycles. The highest BCUT2D eigenvalue weighted by Crippen LogP contribution is 2.22. The zero-order chi connectivity index (χ0) is 15.5. The molecule has 0 aromatic heterocycles. The average molecular weight is 330 g/mol. The molecule has 5 nitrogen and oxygen atoms in total. The molecular formula is C14H16ClNO4S. The minimum Gasteiger partial charge on any atom is -0.480 e. The summed E-state index contributed by atoms with van der Waals surface area (Å²) in [4.78, 5) is 11.2. The highest BCUT2D eigenvalue weighted by atomic mass is 35.5. The van der Waals surface area contributed by atoms with Crippen molar-refractivity contribution in [3.63, 3.8) is 0 Å². The number of hydrogen-bond donors (Lipinski definition) is 1. The van der Waals surface area contributed by atoms with Crippen LogP contribution in [0.4, 0.5) is 0 Å². The van der Waals surface area contributed by atoms with E-state index in [1.807, 2.05) is 0 Å². The zero-order valence-electron chi connectivity index (χ0n) is 11.3. The topological polar surface area (TPSA) is 74.7 Å². The van der Waals surface area contributed by atoms with Gasteiger partial charge in [0.25, 0.3) is 0 Å². The summed E-state index contributed by atoms with van der Waals surface area (Å²) in [5.74, 6) is -1.10. The minimum absolute atomic E-state index is 0.240. The van der Waals surface area contributed by atoms with Crippen LogP contribution in [0.3, 0.4) is 0 Å². The van der Waals surface area contributed by atoms with Crippen molar-refractivity contribution in [1.29, 1.82) is 0 Å². The van der Waals surface area contributed by atoms with E-state index in [-0.39, 0.29) is 6.54 Å². The number of hydrogen-bond acceptors (Lipinski definition) is 3. The largest absolute Gasteiger partial charge is 0.480 e. The van der Waals surface area contributed by atoms with Gasteiger partial charge >= 0.3 is 5.97 Å². The molecule has 7 heteroatoms. The Kier molecular flexibility index (Phi) is 5.03. The fourth-order valence-corrected chi connectivity index (χ4v) is 3.82. The summed E-state index contributed by atoms with van der Waals surface area (Å²) in [6, 6.07) is 5.74. The lowest BCUT2D eigenvalue weighted by Crippen LogP contribution is -2.47. The monoisotopic (exact) mass is 329 g/mol. The molecule has 0 amide bonds. The second-order valence-electron chi connectivity index (χ2n) is 4.86. The number of aliphatic carboxylic acids is 1. The molecule has 1 aliphatic heterocycles. The number of sulfonamides is 1. The van der Waals surface area contributed by atoms with Crippen LogP contribution in [0, 0.1) is 0 Å². The van der Waals surface area contributed by atoms with E-state index in [1.165, 1.54) is 6.08 Å². The number of carboxylic acids is 1. The number of benzene rings is 1. The lowest BCUT2D eigenvalue weighted by atomic mass is 10.1. The molecule has 1 fully saturated rings. The van der Waals surface area contributed by atoms with E-state index in [2.05, 4.69) is 0 Å². The molecule has 1 heterocycles. The van der Waals surface area contributed by atoms with Crippen molar-refractivity contribution in [2.24, 2.45) is 0 Å². The number of carboxylic acid groups (broad SMARTS) is 1. The third-order valence-electron chi connectivity index (χ3n) is 3.37. The van der Waals surface area contributed by atoms with Gasteiger partial charge < -0.3 is 5.11 Å². The van der Waals surface area contributed by atoms with Crippen molar-refractivity contribution in [3.05, 3.63) is 40.3 Å². The molecule has 0 bridgehead atoms. The zero-order valence-corrected chi connectivity index (χ0v) is 12.8. The second kappa shape index (κ2) is 6.60. The van der Waals surface area contributed by atoms with Gasteiger partial charge in [0, 0.05) is 17.0 Å². The van der Waals surface area contributed by atoms with Crippen molar-refractivity contribution < 1.29 is 18.3 Å². The first-order valence-corrected chi connectivity index (χ1v) is 8.46. The first kappa shape index (κ1) is 16.0. The first-order valence-electron chi connectivity index (χ1n) is 6.58. The molecule has 1 N–H and O–H groups in total. The molecule has 0 aliphatic carbocycles. The van der Waals surface area contributed by atoms with Crippen LogP contribution in [0.5, 0.6) is 0 Å². The molecule has 21 heavy (non-hydrogen) atoms. The van der Waals surface area contributed by atoms with E-state index in [0.29, 0.717) is 23.4 Å². The maximum absolute atomic E-state index is 12.3. The van der Waals surface area contributed by atoms with Crippen LogP contribution in [0.25, 0.3) is 6.08 Å². The van der Waals surface area contributed by atoms with E-state index in [1.54, 1.807) is 24.3 Å². The van der Waals surface area contributed by atoms with Gasteiger partial charge in [0.15, 0.2) is 0 Å². The van der Waals surface area contributed by atoms with Crippen LogP contribution in [0.2, 0.25) is 5.02 Å². The molecule has 0 saturated carbocycles. The second-order valence-corrected chi connectivity index (χ2v) is 7.07. The summed E-state index contributed by atoms with van der Waals surface area (Å²) in [7, 11) is -3.75. The van der Waals surface area contributed by atoms with E-state index in [0.717, 1.165) is 16.1 Å². The van der Waals surface area contributed by atoms with Crippen LogP contribution in [-0.4, -0.2) is 36.4 Å². The van der Waals surface area contributed by atoms with Gasteiger partial charge in [-0.05, 0) is 43.0 Å². The minimum atomic E-state index is -3.75. The van der Waals surface area contributed by atoms with Gasteiger partial charge in [0.2, 0.25) is 10.0 Å². The molecule has 114 valence electrons. The van der Waals surface area contributed by atoms with Crippen LogP contribution in [0.1, 0.15) is 24.8 Å². The number of rotatable bonds is 4. The fourth-order valence-electron chi connectivity index (χ4n) is 2.27. The SMILES string of the molecule is O=C(O)[C@H]1CCCCN1S(=O)(=O)C=Cc1ccc(Cl)cc1. The Hall–Kier alpha value is -1.37.